The Morgan fingerprint density at radius 2 is 1.38 bits per heavy atom. The maximum Gasteiger partial charge on any atom is 0.193 e. The van der Waals surface area contributed by atoms with E-state index >= 15 is 0 Å². The second kappa shape index (κ2) is 8.09. The van der Waals surface area contributed by atoms with Crippen molar-refractivity contribution in [1.29, 1.82) is 0 Å². The third-order valence-corrected chi connectivity index (χ3v) is 5.53. The van der Waals surface area contributed by atoms with E-state index in [1.807, 2.05) is 18.2 Å². The average molecular weight is 401 g/mol. The Morgan fingerprint density at radius 1 is 0.769 bits per heavy atom. The summed E-state index contributed by atoms with van der Waals surface area (Å²) in [6.45, 7) is 1.46. The van der Waals surface area contributed by atoms with Crippen LogP contribution < -0.4 is 0 Å². The molecular formula is C21H14Cl2O2S. The van der Waals surface area contributed by atoms with E-state index in [2.05, 4.69) is 0 Å². The maximum atomic E-state index is 12.7. The number of ketones is 2. The molecule has 5 heteroatoms. The third-order valence-electron chi connectivity index (χ3n) is 3.79. The second-order valence-corrected chi connectivity index (χ2v) is 7.59. The molecule has 0 atom stereocenters. The molecule has 130 valence electrons. The molecule has 0 radical (unpaired) electrons. The van der Waals surface area contributed by atoms with Crippen LogP contribution in [-0.2, 0) is 0 Å². The van der Waals surface area contributed by atoms with Crippen molar-refractivity contribution in [3.8, 4) is 0 Å². The average Bonchev–Trinajstić information content (AvgIpc) is 2.65. The number of hydrogen-bond donors (Lipinski definition) is 0. The van der Waals surface area contributed by atoms with Crippen LogP contribution in [-0.4, -0.2) is 11.6 Å². The summed E-state index contributed by atoms with van der Waals surface area (Å²) >= 11 is 13.5. The van der Waals surface area contributed by atoms with Crippen molar-refractivity contribution in [2.75, 3.05) is 0 Å². The number of hydrogen-bond acceptors (Lipinski definition) is 3. The van der Waals surface area contributed by atoms with Gasteiger partial charge < -0.3 is 0 Å². The topological polar surface area (TPSA) is 34.1 Å². The zero-order valence-corrected chi connectivity index (χ0v) is 16.2. The van der Waals surface area contributed by atoms with Crippen LogP contribution >= 0.6 is 35.0 Å². The highest BCUT2D eigenvalue weighted by molar-refractivity contribution is 7.99. The Kier molecular flexibility index (Phi) is 5.82. The van der Waals surface area contributed by atoms with E-state index in [1.54, 1.807) is 48.5 Å². The van der Waals surface area contributed by atoms with Crippen molar-refractivity contribution in [3.05, 3.63) is 93.5 Å². The van der Waals surface area contributed by atoms with E-state index in [1.165, 1.54) is 18.7 Å². The normalized spacial score (nSPS) is 10.6. The van der Waals surface area contributed by atoms with Gasteiger partial charge in [0.25, 0.3) is 0 Å². The molecule has 0 fully saturated rings. The Labute approximate surface area is 166 Å². The number of carbonyl (C=O) groups excluding carboxylic acids is 2. The van der Waals surface area contributed by atoms with Crippen molar-refractivity contribution in [2.45, 2.75) is 16.7 Å². The number of benzene rings is 3. The fourth-order valence-electron chi connectivity index (χ4n) is 2.49. The smallest absolute Gasteiger partial charge is 0.193 e. The highest BCUT2D eigenvalue weighted by Gasteiger charge is 2.15. The highest BCUT2D eigenvalue weighted by atomic mass is 35.5. The van der Waals surface area contributed by atoms with Gasteiger partial charge >= 0.3 is 0 Å². The van der Waals surface area contributed by atoms with Gasteiger partial charge in [-0.1, -0.05) is 59.2 Å². The summed E-state index contributed by atoms with van der Waals surface area (Å²) in [5.74, 6) is -0.289. The number of carbonyl (C=O) groups is 2. The molecule has 0 saturated heterocycles. The molecule has 3 aromatic carbocycles. The van der Waals surface area contributed by atoms with Gasteiger partial charge in [0.1, 0.15) is 0 Å². The van der Waals surface area contributed by atoms with E-state index in [-0.39, 0.29) is 11.6 Å². The number of rotatable bonds is 5. The first kappa shape index (κ1) is 18.7. The lowest BCUT2D eigenvalue weighted by Gasteiger charge is -2.07. The zero-order chi connectivity index (χ0) is 18.7. The lowest BCUT2D eigenvalue weighted by atomic mass is 9.96. The van der Waals surface area contributed by atoms with Crippen LogP contribution in [0.2, 0.25) is 10.0 Å². The van der Waals surface area contributed by atoms with Gasteiger partial charge in [-0.25, -0.2) is 0 Å². The van der Waals surface area contributed by atoms with Gasteiger partial charge in [-0.05, 0) is 49.4 Å². The molecular weight excluding hydrogens is 387 g/mol. The molecule has 3 aromatic rings. The van der Waals surface area contributed by atoms with Crippen LogP contribution in [0.5, 0.6) is 0 Å². The zero-order valence-electron chi connectivity index (χ0n) is 13.8. The van der Waals surface area contributed by atoms with E-state index in [9.17, 15) is 9.59 Å². The summed E-state index contributed by atoms with van der Waals surface area (Å²) in [7, 11) is 0. The first-order chi connectivity index (χ1) is 12.5. The Hall–Kier alpha value is -2.07. The Bertz CT molecular complexity index is 982. The van der Waals surface area contributed by atoms with E-state index in [0.29, 0.717) is 26.7 Å². The molecule has 26 heavy (non-hydrogen) atoms. The summed E-state index contributed by atoms with van der Waals surface area (Å²) in [5.41, 5.74) is 1.40. The molecule has 2 nitrogen and oxygen atoms in total. The quantitative estimate of drug-likeness (QED) is 0.453. The molecule has 0 aliphatic heterocycles. The highest BCUT2D eigenvalue weighted by Crippen LogP contribution is 2.32. The fourth-order valence-corrected chi connectivity index (χ4v) is 3.71. The molecule has 0 aliphatic rings. The summed E-state index contributed by atoms with van der Waals surface area (Å²) in [6, 6.07) is 19.6. The van der Waals surface area contributed by atoms with Gasteiger partial charge in [0.2, 0.25) is 0 Å². The van der Waals surface area contributed by atoms with Crippen molar-refractivity contribution < 1.29 is 9.59 Å². The molecule has 0 amide bonds. The minimum atomic E-state index is -0.165. The van der Waals surface area contributed by atoms with Crippen LogP contribution in [0, 0.1) is 0 Å². The molecule has 0 spiro atoms. The minimum Gasteiger partial charge on any atom is -0.294 e. The van der Waals surface area contributed by atoms with Gasteiger partial charge in [0.05, 0.1) is 10.0 Å². The van der Waals surface area contributed by atoms with Gasteiger partial charge in [-0.15, -0.1) is 0 Å². The molecule has 0 aliphatic carbocycles. The van der Waals surface area contributed by atoms with Crippen LogP contribution in [0.1, 0.15) is 33.2 Å². The van der Waals surface area contributed by atoms with E-state index in [0.717, 1.165) is 9.79 Å². The van der Waals surface area contributed by atoms with Crippen LogP contribution in [0.15, 0.2) is 76.5 Å². The Morgan fingerprint density at radius 3 is 2.00 bits per heavy atom. The van der Waals surface area contributed by atoms with E-state index < -0.39 is 0 Å². The number of halogens is 2. The Balaban J connectivity index is 1.82. The second-order valence-electron chi connectivity index (χ2n) is 5.63. The predicted molar refractivity (Wildman–Crippen MR) is 107 cm³/mol. The minimum absolute atomic E-state index is 0.124. The summed E-state index contributed by atoms with van der Waals surface area (Å²) in [6.07, 6.45) is 0. The fraction of sp³-hybridized carbons (Fsp3) is 0.0476. The lowest BCUT2D eigenvalue weighted by Crippen LogP contribution is -2.08. The summed E-state index contributed by atoms with van der Waals surface area (Å²) < 4.78 is 0. The first-order valence-electron chi connectivity index (χ1n) is 7.83. The molecule has 3 rings (SSSR count). The molecule has 0 N–H and O–H groups in total. The van der Waals surface area contributed by atoms with Crippen molar-refractivity contribution >= 4 is 46.5 Å². The maximum absolute atomic E-state index is 12.7. The standard InChI is InChI=1S/C21H14Cl2O2S/c1-13(24)17-4-2-3-5-18(17)21(25)14-6-8-15(9-7-14)26-16-10-11-19(22)20(23)12-16/h2-12H,1H3. The van der Waals surface area contributed by atoms with Crippen LogP contribution in [0.4, 0.5) is 0 Å². The summed E-state index contributed by atoms with van der Waals surface area (Å²) in [5, 5.41) is 1.02. The third kappa shape index (κ3) is 4.18. The van der Waals surface area contributed by atoms with Crippen molar-refractivity contribution in [1.82, 2.24) is 0 Å². The molecule has 0 bridgehead atoms. The van der Waals surface area contributed by atoms with Crippen LogP contribution in [0.3, 0.4) is 0 Å². The first-order valence-corrected chi connectivity index (χ1v) is 9.40. The summed E-state index contributed by atoms with van der Waals surface area (Å²) in [4.78, 5) is 26.4. The molecule has 0 unspecified atom stereocenters. The molecule has 0 aromatic heterocycles. The lowest BCUT2D eigenvalue weighted by molar-refractivity contribution is 0.0990. The van der Waals surface area contributed by atoms with Crippen molar-refractivity contribution in [3.63, 3.8) is 0 Å². The van der Waals surface area contributed by atoms with Crippen LogP contribution in [0.25, 0.3) is 0 Å². The predicted octanol–water partition coefficient (Wildman–Crippen LogP) is 6.58. The molecule has 0 heterocycles. The van der Waals surface area contributed by atoms with Gasteiger partial charge in [0.15, 0.2) is 11.6 Å². The molecule has 0 saturated carbocycles. The van der Waals surface area contributed by atoms with E-state index in [4.69, 9.17) is 23.2 Å². The monoisotopic (exact) mass is 400 g/mol. The van der Waals surface area contributed by atoms with Crippen molar-refractivity contribution in [2.24, 2.45) is 0 Å². The van der Waals surface area contributed by atoms with Gasteiger partial charge in [-0.2, -0.15) is 0 Å². The van der Waals surface area contributed by atoms with Gasteiger partial charge in [0, 0.05) is 26.5 Å². The van der Waals surface area contributed by atoms with Gasteiger partial charge in [-0.3, -0.25) is 9.59 Å². The SMILES string of the molecule is CC(=O)c1ccccc1C(=O)c1ccc(Sc2ccc(Cl)c(Cl)c2)cc1. The largest absolute Gasteiger partial charge is 0.294 e. The number of Topliss-reactive ketones (excluding diaryl/α,β-unsaturated/α-hetero) is 1.